The van der Waals surface area contributed by atoms with Gasteiger partial charge in [-0.05, 0) is 25.1 Å². The number of fused-ring (bicyclic) bond motifs is 1. The normalized spacial score (nSPS) is 11.8. The summed E-state index contributed by atoms with van der Waals surface area (Å²) >= 11 is 12.2. The van der Waals surface area contributed by atoms with E-state index in [-0.39, 0.29) is 22.3 Å². The molecule has 10 nitrogen and oxygen atoms in total. The molecule has 2 heterocycles. The lowest BCUT2D eigenvalue weighted by atomic mass is 10.2. The van der Waals surface area contributed by atoms with Gasteiger partial charge in [-0.2, -0.15) is 5.10 Å². The molecule has 2 aromatic heterocycles. The molecule has 0 radical (unpaired) electrons. The van der Waals surface area contributed by atoms with Crippen LogP contribution in [0.5, 0.6) is 0 Å². The number of methoxy groups -OCH3 is 1. The second-order valence-corrected chi connectivity index (χ2v) is 7.27. The fourth-order valence-electron chi connectivity index (χ4n) is 2.81. The molecule has 0 bridgehead atoms. The average Bonchev–Trinajstić information content (AvgIpc) is 3.13. The van der Waals surface area contributed by atoms with Crippen LogP contribution in [0, 0.1) is 0 Å². The van der Waals surface area contributed by atoms with E-state index < -0.39 is 18.0 Å². The van der Waals surface area contributed by atoms with E-state index in [1.807, 2.05) is 0 Å². The van der Waals surface area contributed by atoms with Gasteiger partial charge in [-0.1, -0.05) is 29.3 Å². The van der Waals surface area contributed by atoms with E-state index in [9.17, 15) is 9.59 Å². The number of nitrogens with zero attached hydrogens (tertiary/aromatic N) is 3. The predicted molar refractivity (Wildman–Crippen MR) is 121 cm³/mol. The van der Waals surface area contributed by atoms with E-state index >= 15 is 0 Å². The van der Waals surface area contributed by atoms with Gasteiger partial charge >= 0.3 is 6.03 Å². The van der Waals surface area contributed by atoms with Crippen LogP contribution in [0.3, 0.4) is 0 Å². The molecule has 0 aliphatic carbocycles. The fourth-order valence-corrected chi connectivity index (χ4v) is 3.24. The number of urea groups is 1. The Morgan fingerprint density at radius 3 is 2.75 bits per heavy atom. The minimum atomic E-state index is -0.559. The molecule has 1 atom stereocenters. The molecule has 0 spiro atoms. The van der Waals surface area contributed by atoms with E-state index in [0.717, 1.165) is 0 Å². The highest BCUT2D eigenvalue weighted by Crippen LogP contribution is 2.27. The number of halogens is 2. The molecule has 3 rings (SSSR count). The van der Waals surface area contributed by atoms with Crippen molar-refractivity contribution < 1.29 is 19.2 Å². The summed E-state index contributed by atoms with van der Waals surface area (Å²) in [7, 11) is 1.54. The lowest BCUT2D eigenvalue weighted by Crippen LogP contribution is -2.24. The zero-order valence-electron chi connectivity index (χ0n) is 17.2. The van der Waals surface area contributed by atoms with Gasteiger partial charge < -0.3 is 15.4 Å². The molecule has 0 unspecified atom stereocenters. The van der Waals surface area contributed by atoms with Crippen LogP contribution in [-0.2, 0) is 9.57 Å². The molecule has 3 amide bonds. The first-order valence-electron chi connectivity index (χ1n) is 9.31. The van der Waals surface area contributed by atoms with Gasteiger partial charge in [0, 0.05) is 18.9 Å². The molecule has 168 valence electrons. The summed E-state index contributed by atoms with van der Waals surface area (Å²) in [6.07, 6.45) is 2.56. The van der Waals surface area contributed by atoms with Gasteiger partial charge in [0.05, 0.1) is 40.9 Å². The Morgan fingerprint density at radius 1 is 1.28 bits per heavy atom. The number of hydrogen-bond donors (Lipinski definition) is 3. The molecular weight excluding hydrogens is 459 g/mol. The van der Waals surface area contributed by atoms with Crippen molar-refractivity contribution in [3.05, 3.63) is 64.6 Å². The monoisotopic (exact) mass is 478 g/mol. The summed E-state index contributed by atoms with van der Waals surface area (Å²) < 4.78 is 6.91. The first-order valence-corrected chi connectivity index (χ1v) is 10.1. The summed E-state index contributed by atoms with van der Waals surface area (Å²) in [6, 6.07) is 5.47. The van der Waals surface area contributed by atoms with Gasteiger partial charge in [0.2, 0.25) is 0 Å². The van der Waals surface area contributed by atoms with Crippen LogP contribution in [0.4, 0.5) is 16.2 Å². The third-order valence-electron chi connectivity index (χ3n) is 4.32. The first-order chi connectivity index (χ1) is 15.3. The number of carbonyl (C=O) groups excluding carboxylic acids is 2. The number of ether oxygens (including phenoxy) is 1. The lowest BCUT2D eigenvalue weighted by molar-refractivity contribution is 0.0422. The SMILES string of the molecule is C=CCONC(=O)c1ccc(NC(=O)Nc2cnc3cc(Cl)nn3c2[C@H](C)OC)cc1Cl. The zero-order chi connectivity index (χ0) is 23.3. The summed E-state index contributed by atoms with van der Waals surface area (Å²) in [5.41, 5.74) is 4.25. The summed E-state index contributed by atoms with van der Waals surface area (Å²) in [5.74, 6) is -0.525. The molecule has 0 saturated heterocycles. The van der Waals surface area contributed by atoms with Crippen LogP contribution >= 0.6 is 23.2 Å². The van der Waals surface area contributed by atoms with Crippen molar-refractivity contribution in [3.8, 4) is 0 Å². The number of hydrogen-bond acceptors (Lipinski definition) is 6. The van der Waals surface area contributed by atoms with Gasteiger partial charge in [-0.3, -0.25) is 9.63 Å². The lowest BCUT2D eigenvalue weighted by Gasteiger charge is -2.17. The van der Waals surface area contributed by atoms with Crippen molar-refractivity contribution in [2.75, 3.05) is 24.4 Å². The summed E-state index contributed by atoms with van der Waals surface area (Å²) in [6.45, 7) is 5.43. The molecule has 12 heteroatoms. The molecule has 0 saturated carbocycles. The standard InChI is InChI=1S/C20H20Cl2N6O4/c1-4-7-32-27-19(29)13-6-5-12(8-14(13)21)24-20(30)25-15-10-23-17-9-16(22)26-28(17)18(15)11(2)31-3/h4-6,8-11H,1,7H2,2-3H3,(H,27,29)(H2,24,25,30)/t11-/m0/s1. The third kappa shape index (κ3) is 5.35. The number of hydroxylamine groups is 1. The Hall–Kier alpha value is -3.18. The van der Waals surface area contributed by atoms with Crippen LogP contribution in [0.25, 0.3) is 5.65 Å². The van der Waals surface area contributed by atoms with Crippen LogP contribution in [0.2, 0.25) is 10.2 Å². The topological polar surface area (TPSA) is 119 Å². The smallest absolute Gasteiger partial charge is 0.323 e. The molecule has 0 aliphatic rings. The maximum Gasteiger partial charge on any atom is 0.323 e. The Balaban J connectivity index is 1.76. The number of benzene rings is 1. The highest BCUT2D eigenvalue weighted by Gasteiger charge is 2.19. The Morgan fingerprint density at radius 2 is 2.06 bits per heavy atom. The molecule has 1 aromatic carbocycles. The maximum absolute atomic E-state index is 12.6. The fraction of sp³-hybridized carbons (Fsp3) is 0.200. The van der Waals surface area contributed by atoms with Gasteiger partial charge in [0.25, 0.3) is 5.91 Å². The van der Waals surface area contributed by atoms with Crippen molar-refractivity contribution in [2.45, 2.75) is 13.0 Å². The second kappa shape index (κ2) is 10.4. The van der Waals surface area contributed by atoms with Crippen molar-refractivity contribution in [2.24, 2.45) is 0 Å². The number of amides is 3. The van der Waals surface area contributed by atoms with Crippen LogP contribution < -0.4 is 16.1 Å². The summed E-state index contributed by atoms with van der Waals surface area (Å²) in [4.78, 5) is 33.8. The van der Waals surface area contributed by atoms with Gasteiger partial charge in [-0.25, -0.2) is 19.8 Å². The molecular formula is C20H20Cl2N6O4. The van der Waals surface area contributed by atoms with Crippen molar-refractivity contribution in [1.82, 2.24) is 20.1 Å². The number of anilines is 2. The van der Waals surface area contributed by atoms with Crippen molar-refractivity contribution in [1.29, 1.82) is 0 Å². The van der Waals surface area contributed by atoms with Crippen LogP contribution in [0.1, 0.15) is 29.1 Å². The highest BCUT2D eigenvalue weighted by atomic mass is 35.5. The van der Waals surface area contributed by atoms with E-state index in [2.05, 4.69) is 32.8 Å². The quantitative estimate of drug-likeness (QED) is 0.253. The maximum atomic E-state index is 12.6. The Labute approximate surface area is 193 Å². The molecule has 3 aromatic rings. The first kappa shape index (κ1) is 23.5. The molecule has 0 fully saturated rings. The van der Waals surface area contributed by atoms with Gasteiger partial charge in [0.1, 0.15) is 0 Å². The van der Waals surface area contributed by atoms with Gasteiger partial charge in [0.15, 0.2) is 10.8 Å². The van der Waals surface area contributed by atoms with Crippen molar-refractivity contribution >= 4 is 52.2 Å². The highest BCUT2D eigenvalue weighted by molar-refractivity contribution is 6.34. The van der Waals surface area contributed by atoms with E-state index in [1.54, 1.807) is 13.0 Å². The molecule has 0 aliphatic heterocycles. The average molecular weight is 479 g/mol. The van der Waals surface area contributed by atoms with Crippen LogP contribution in [-0.4, -0.2) is 40.3 Å². The second-order valence-electron chi connectivity index (χ2n) is 6.48. The third-order valence-corrected chi connectivity index (χ3v) is 4.81. The minimum absolute atomic E-state index is 0.130. The Kier molecular flexibility index (Phi) is 7.65. The Bertz CT molecular complexity index is 1170. The van der Waals surface area contributed by atoms with Crippen LogP contribution in [0.15, 0.2) is 43.1 Å². The van der Waals surface area contributed by atoms with E-state index in [0.29, 0.717) is 22.7 Å². The largest absolute Gasteiger partial charge is 0.375 e. The summed E-state index contributed by atoms with van der Waals surface area (Å²) in [5, 5.41) is 9.96. The van der Waals surface area contributed by atoms with E-state index in [4.69, 9.17) is 32.8 Å². The number of rotatable bonds is 8. The molecule has 32 heavy (non-hydrogen) atoms. The predicted octanol–water partition coefficient (Wildman–Crippen LogP) is 4.23. The number of carbonyl (C=O) groups is 2. The number of aromatic nitrogens is 3. The zero-order valence-corrected chi connectivity index (χ0v) is 18.7. The molecule has 3 N–H and O–H groups in total. The number of nitrogens with one attached hydrogen (secondary N) is 3. The van der Waals surface area contributed by atoms with Crippen molar-refractivity contribution in [3.63, 3.8) is 0 Å². The minimum Gasteiger partial charge on any atom is -0.375 e. The van der Waals surface area contributed by atoms with Gasteiger partial charge in [-0.15, -0.1) is 6.58 Å². The van der Waals surface area contributed by atoms with E-state index in [1.165, 1.54) is 42.1 Å².